The summed E-state index contributed by atoms with van der Waals surface area (Å²) in [6.45, 7) is 0.639. The van der Waals surface area contributed by atoms with Crippen molar-refractivity contribution in [2.45, 2.75) is 23.7 Å². The van der Waals surface area contributed by atoms with E-state index in [-0.39, 0.29) is 11.6 Å². The molecule has 0 aromatic carbocycles. The molecule has 5 aromatic rings. The fourth-order valence-electron chi connectivity index (χ4n) is 3.52. The Hall–Kier alpha value is -3.40. The van der Waals surface area contributed by atoms with Gasteiger partial charge in [-0.15, -0.1) is 34.4 Å². The van der Waals surface area contributed by atoms with Gasteiger partial charge in [0.05, 0.1) is 21.0 Å². The number of thioether (sulfide) groups is 1. The molecular formula is C26H22N4O2S3+2. The lowest BCUT2D eigenvalue weighted by Gasteiger charge is -2.00. The largest absolute Gasteiger partial charge is 0.286 e. The number of nitrogens with zero attached hydrogens (tertiary/aromatic N) is 3. The van der Waals surface area contributed by atoms with Crippen LogP contribution in [0.2, 0.25) is 0 Å². The number of carbonyl (C=O) groups is 2. The van der Waals surface area contributed by atoms with Crippen molar-refractivity contribution in [2.75, 3.05) is 0 Å². The first-order valence-electron chi connectivity index (χ1n) is 10.9. The maximum atomic E-state index is 12.4. The topological polar surface area (TPSA) is 70.6 Å². The molecule has 0 aliphatic rings. The Balaban J connectivity index is 1.17. The molecule has 0 bridgehead atoms. The summed E-state index contributed by atoms with van der Waals surface area (Å²) in [6, 6.07) is 17.5. The standard InChI is InChI=1S/C26H22N4O2S3/c31-23(25-5-2-12-33-25)16-29-10-7-21(8-11-29)35-18-20-14-22(28-27-20)19-4-1-9-30(15-19)17-24(32)26-6-3-13-34-26/h1-15H,16-18H2,(H,27,28)/q+2. The van der Waals surface area contributed by atoms with Crippen molar-refractivity contribution in [3.8, 4) is 11.3 Å². The van der Waals surface area contributed by atoms with Crippen LogP contribution in [0.25, 0.3) is 11.3 Å². The van der Waals surface area contributed by atoms with Crippen LogP contribution in [0.15, 0.2) is 95.0 Å². The van der Waals surface area contributed by atoms with Crippen LogP contribution in [0, 0.1) is 0 Å². The number of pyridine rings is 2. The fourth-order valence-corrected chi connectivity index (χ4v) is 5.62. The van der Waals surface area contributed by atoms with Crippen LogP contribution in [0.4, 0.5) is 0 Å². The monoisotopic (exact) mass is 518 g/mol. The second-order valence-electron chi connectivity index (χ2n) is 7.84. The van der Waals surface area contributed by atoms with Gasteiger partial charge < -0.3 is 0 Å². The molecule has 5 rings (SSSR count). The van der Waals surface area contributed by atoms with Crippen molar-refractivity contribution in [3.05, 3.63) is 106 Å². The molecule has 0 saturated heterocycles. The van der Waals surface area contributed by atoms with E-state index in [1.54, 1.807) is 11.8 Å². The van der Waals surface area contributed by atoms with Crippen molar-refractivity contribution >= 4 is 46.0 Å². The van der Waals surface area contributed by atoms with Crippen molar-refractivity contribution in [1.82, 2.24) is 10.2 Å². The lowest BCUT2D eigenvalue weighted by Crippen LogP contribution is -2.37. The van der Waals surface area contributed by atoms with E-state index >= 15 is 0 Å². The van der Waals surface area contributed by atoms with Gasteiger partial charge in [-0.2, -0.15) is 14.2 Å². The van der Waals surface area contributed by atoms with Crippen LogP contribution in [0.3, 0.4) is 0 Å². The van der Waals surface area contributed by atoms with E-state index in [1.807, 2.05) is 99.3 Å². The maximum Gasteiger partial charge on any atom is 0.237 e. The van der Waals surface area contributed by atoms with Crippen LogP contribution in [-0.2, 0) is 18.8 Å². The first kappa shape index (κ1) is 23.3. The molecule has 6 nitrogen and oxygen atoms in total. The van der Waals surface area contributed by atoms with Gasteiger partial charge >= 0.3 is 0 Å². The lowest BCUT2D eigenvalue weighted by atomic mass is 10.2. The van der Waals surface area contributed by atoms with E-state index in [2.05, 4.69) is 10.2 Å². The molecule has 0 unspecified atom stereocenters. The zero-order valence-corrected chi connectivity index (χ0v) is 21.1. The van der Waals surface area contributed by atoms with Crippen LogP contribution in [-0.4, -0.2) is 21.8 Å². The van der Waals surface area contributed by atoms with Crippen molar-refractivity contribution in [1.29, 1.82) is 0 Å². The highest BCUT2D eigenvalue weighted by molar-refractivity contribution is 7.98. The molecule has 0 radical (unpaired) electrons. The summed E-state index contributed by atoms with van der Waals surface area (Å²) in [5, 5.41) is 11.4. The minimum atomic E-state index is 0.0985. The predicted molar refractivity (Wildman–Crippen MR) is 138 cm³/mol. The Morgan fingerprint density at radius 1 is 0.857 bits per heavy atom. The molecule has 0 atom stereocenters. The highest BCUT2D eigenvalue weighted by atomic mass is 32.2. The van der Waals surface area contributed by atoms with Gasteiger partial charge in [0.2, 0.25) is 24.7 Å². The van der Waals surface area contributed by atoms with E-state index in [9.17, 15) is 9.59 Å². The maximum absolute atomic E-state index is 12.4. The minimum Gasteiger partial charge on any atom is -0.286 e. The summed E-state index contributed by atoms with van der Waals surface area (Å²) < 4.78 is 3.79. The summed E-state index contributed by atoms with van der Waals surface area (Å²) in [5.74, 6) is 0.962. The van der Waals surface area contributed by atoms with Crippen LogP contribution in [0.1, 0.15) is 25.0 Å². The number of aromatic nitrogens is 4. The number of hydrogen-bond acceptors (Lipinski definition) is 6. The van der Waals surface area contributed by atoms with Crippen LogP contribution in [0.5, 0.6) is 0 Å². The quantitative estimate of drug-likeness (QED) is 0.163. The lowest BCUT2D eigenvalue weighted by molar-refractivity contribution is -0.683. The normalized spacial score (nSPS) is 11.0. The first-order chi connectivity index (χ1) is 17.1. The van der Waals surface area contributed by atoms with Gasteiger partial charge in [-0.3, -0.25) is 14.7 Å². The van der Waals surface area contributed by atoms with Crippen molar-refractivity contribution in [3.63, 3.8) is 0 Å². The van der Waals surface area contributed by atoms with Crippen molar-refractivity contribution < 1.29 is 18.7 Å². The number of aromatic amines is 1. The highest BCUT2D eigenvalue weighted by Crippen LogP contribution is 2.23. The minimum absolute atomic E-state index is 0.0985. The number of hydrogen-bond donors (Lipinski definition) is 1. The third kappa shape index (κ3) is 6.00. The number of rotatable bonds is 10. The molecule has 0 fully saturated rings. The third-order valence-electron chi connectivity index (χ3n) is 5.28. The number of H-pyrrole nitrogens is 1. The Kier molecular flexibility index (Phi) is 7.27. The molecule has 35 heavy (non-hydrogen) atoms. The molecular weight excluding hydrogens is 497 g/mol. The molecule has 5 aromatic heterocycles. The molecule has 9 heteroatoms. The average Bonchev–Trinajstić information content (AvgIpc) is 3.67. The molecule has 0 amide bonds. The second kappa shape index (κ2) is 10.9. The Morgan fingerprint density at radius 3 is 2.20 bits per heavy atom. The summed E-state index contributed by atoms with van der Waals surface area (Å²) in [5.41, 5.74) is 2.81. The molecule has 0 aliphatic carbocycles. The molecule has 174 valence electrons. The Labute approximate surface area is 214 Å². The second-order valence-corrected chi connectivity index (χ2v) is 10.8. The predicted octanol–water partition coefficient (Wildman–Crippen LogP) is 4.83. The molecule has 1 N–H and O–H groups in total. The zero-order valence-electron chi connectivity index (χ0n) is 18.7. The van der Waals surface area contributed by atoms with E-state index < -0.39 is 0 Å². The summed E-state index contributed by atoms with van der Waals surface area (Å²) >= 11 is 4.63. The first-order valence-corrected chi connectivity index (χ1v) is 13.7. The van der Waals surface area contributed by atoms with Gasteiger partial charge in [0, 0.05) is 34.5 Å². The Morgan fingerprint density at radius 2 is 1.54 bits per heavy atom. The zero-order chi connectivity index (χ0) is 24.0. The smallest absolute Gasteiger partial charge is 0.237 e. The summed E-state index contributed by atoms with van der Waals surface area (Å²) in [6.07, 6.45) is 7.72. The number of thiophene rings is 2. The van der Waals surface area contributed by atoms with Gasteiger partial charge in [0.1, 0.15) is 0 Å². The molecule has 0 spiro atoms. The van der Waals surface area contributed by atoms with E-state index in [0.29, 0.717) is 13.1 Å². The third-order valence-corrected chi connectivity index (χ3v) is 8.17. The molecule has 5 heterocycles. The SMILES string of the molecule is O=C(C[n+]1ccc(SCc2cc(-c3ccc[n+](CC(=O)c4cccs4)c3)n[nH]2)cc1)c1cccs1. The number of carbonyl (C=O) groups excluding carboxylic acids is 2. The molecule has 0 aliphatic heterocycles. The van der Waals surface area contributed by atoms with Gasteiger partial charge in [0.25, 0.3) is 0 Å². The number of ketones is 2. The van der Waals surface area contributed by atoms with E-state index in [4.69, 9.17) is 0 Å². The van der Waals surface area contributed by atoms with Crippen LogP contribution >= 0.6 is 34.4 Å². The highest BCUT2D eigenvalue weighted by Gasteiger charge is 2.16. The summed E-state index contributed by atoms with van der Waals surface area (Å²) in [7, 11) is 0. The van der Waals surface area contributed by atoms with Gasteiger partial charge in [-0.05, 0) is 35.0 Å². The van der Waals surface area contributed by atoms with E-state index in [0.717, 1.165) is 37.4 Å². The fraction of sp³-hybridized carbons (Fsp3) is 0.115. The van der Waals surface area contributed by atoms with Gasteiger partial charge in [0.15, 0.2) is 24.8 Å². The van der Waals surface area contributed by atoms with Crippen molar-refractivity contribution in [2.24, 2.45) is 0 Å². The van der Waals surface area contributed by atoms with Crippen LogP contribution < -0.4 is 9.13 Å². The molecule has 0 saturated carbocycles. The summed E-state index contributed by atoms with van der Waals surface area (Å²) in [4.78, 5) is 27.4. The van der Waals surface area contributed by atoms with Gasteiger partial charge in [-0.25, -0.2) is 0 Å². The van der Waals surface area contributed by atoms with Gasteiger partial charge in [-0.1, -0.05) is 12.1 Å². The Bertz CT molecular complexity index is 1430. The van der Waals surface area contributed by atoms with E-state index in [1.165, 1.54) is 22.7 Å². The number of Topliss-reactive ketones (excluding diaryl/α,β-unsaturated/α-hetero) is 2. The average molecular weight is 519 g/mol. The number of nitrogens with one attached hydrogen (secondary N) is 1.